The lowest BCUT2D eigenvalue weighted by Crippen LogP contribution is -2.21. The highest BCUT2D eigenvalue weighted by atomic mass is 32.4. The monoisotopic (exact) mass is 327 g/mol. The van der Waals surface area contributed by atoms with Gasteiger partial charge in [0.15, 0.2) is 0 Å². The van der Waals surface area contributed by atoms with Gasteiger partial charge in [-0.15, -0.1) is 0 Å². The molecule has 0 aromatic heterocycles. The summed E-state index contributed by atoms with van der Waals surface area (Å²) in [7, 11) is 0. The summed E-state index contributed by atoms with van der Waals surface area (Å²) in [5.41, 5.74) is 0.831. The maximum atomic E-state index is 13.1. The van der Waals surface area contributed by atoms with Gasteiger partial charge in [0.2, 0.25) is 0 Å². The van der Waals surface area contributed by atoms with Crippen molar-refractivity contribution in [3.05, 3.63) is 90.7 Å². The Balaban J connectivity index is 2.08. The Morgan fingerprint density at radius 2 is 1.14 bits per heavy atom. The molecule has 1 nitrogen and oxygen atoms in total. The minimum absolute atomic E-state index is 0.252. The summed E-state index contributed by atoms with van der Waals surface area (Å²) < 4.78 is 13.1. The van der Waals surface area contributed by atoms with E-state index in [1.54, 1.807) is 12.1 Å². The first-order valence-electron chi connectivity index (χ1n) is 6.94. The van der Waals surface area contributed by atoms with E-state index in [-0.39, 0.29) is 5.82 Å². The fourth-order valence-electron chi connectivity index (χ4n) is 2.26. The molecular formula is C18H15FNPS. The second-order valence-electron chi connectivity index (χ2n) is 4.90. The average molecular weight is 327 g/mol. The van der Waals surface area contributed by atoms with Crippen LogP contribution in [-0.2, 0) is 11.8 Å². The lowest BCUT2D eigenvalue weighted by molar-refractivity contribution is 0.628. The number of hydrogen-bond donors (Lipinski definition) is 1. The molecule has 0 fully saturated rings. The summed E-state index contributed by atoms with van der Waals surface area (Å²) >= 11 is 6.06. The minimum atomic E-state index is -2.20. The van der Waals surface area contributed by atoms with E-state index in [4.69, 9.17) is 11.8 Å². The molecule has 1 N–H and O–H groups in total. The van der Waals surface area contributed by atoms with Crippen molar-refractivity contribution in [2.45, 2.75) is 0 Å². The molecule has 0 bridgehead atoms. The number of halogens is 1. The van der Waals surface area contributed by atoms with Crippen LogP contribution in [0.15, 0.2) is 84.9 Å². The van der Waals surface area contributed by atoms with Crippen molar-refractivity contribution in [2.24, 2.45) is 0 Å². The Hall–Kier alpha value is -1.96. The molecule has 0 amide bonds. The van der Waals surface area contributed by atoms with Gasteiger partial charge in [0.05, 0.1) is 6.19 Å². The maximum Gasteiger partial charge on any atom is 0.123 e. The Morgan fingerprint density at radius 3 is 1.59 bits per heavy atom. The zero-order chi connectivity index (χ0) is 15.4. The van der Waals surface area contributed by atoms with Crippen LogP contribution in [0.1, 0.15) is 0 Å². The Kier molecular flexibility index (Phi) is 4.37. The van der Waals surface area contributed by atoms with E-state index in [1.165, 1.54) is 12.1 Å². The van der Waals surface area contributed by atoms with Crippen LogP contribution in [-0.4, -0.2) is 0 Å². The fourth-order valence-corrected chi connectivity index (χ4v) is 5.56. The smallest absolute Gasteiger partial charge is 0.123 e. The molecule has 22 heavy (non-hydrogen) atoms. The molecule has 0 radical (unpaired) electrons. The highest BCUT2D eigenvalue weighted by Gasteiger charge is 2.21. The molecule has 3 aromatic rings. The van der Waals surface area contributed by atoms with Crippen molar-refractivity contribution >= 4 is 34.3 Å². The van der Waals surface area contributed by atoms with Crippen molar-refractivity contribution < 1.29 is 4.39 Å². The zero-order valence-corrected chi connectivity index (χ0v) is 13.5. The van der Waals surface area contributed by atoms with Gasteiger partial charge in [-0.2, -0.15) is 0 Å². The normalized spacial score (nSPS) is 11.1. The third-order valence-electron chi connectivity index (χ3n) is 3.37. The number of nitrogens with one attached hydrogen (secondary N) is 1. The first-order valence-corrected chi connectivity index (χ1v) is 9.74. The summed E-state index contributed by atoms with van der Waals surface area (Å²) in [6.45, 7) is 0. The van der Waals surface area contributed by atoms with Gasteiger partial charge in [0.25, 0.3) is 0 Å². The summed E-state index contributed by atoms with van der Waals surface area (Å²) in [5.74, 6) is -0.252. The molecule has 0 saturated heterocycles. The third kappa shape index (κ3) is 3.11. The van der Waals surface area contributed by atoms with E-state index < -0.39 is 6.19 Å². The van der Waals surface area contributed by atoms with E-state index in [9.17, 15) is 4.39 Å². The van der Waals surface area contributed by atoms with E-state index in [0.29, 0.717) is 0 Å². The largest absolute Gasteiger partial charge is 0.351 e. The van der Waals surface area contributed by atoms with Gasteiger partial charge in [0, 0.05) is 16.3 Å². The Morgan fingerprint density at radius 1 is 0.682 bits per heavy atom. The van der Waals surface area contributed by atoms with Crippen LogP contribution in [0.2, 0.25) is 0 Å². The van der Waals surface area contributed by atoms with Crippen LogP contribution in [0.25, 0.3) is 0 Å². The fraction of sp³-hybridized carbons (Fsp3) is 0. The molecule has 4 heteroatoms. The predicted molar refractivity (Wildman–Crippen MR) is 96.5 cm³/mol. The second-order valence-corrected chi connectivity index (χ2v) is 9.02. The summed E-state index contributed by atoms with van der Waals surface area (Å²) in [6, 6.07) is 26.4. The van der Waals surface area contributed by atoms with Crippen LogP contribution in [0.3, 0.4) is 0 Å². The van der Waals surface area contributed by atoms with E-state index in [2.05, 4.69) is 5.09 Å². The predicted octanol–water partition coefficient (Wildman–Crippen LogP) is 4.28. The number of hydrogen-bond acceptors (Lipinski definition) is 1. The van der Waals surface area contributed by atoms with Gasteiger partial charge >= 0.3 is 0 Å². The van der Waals surface area contributed by atoms with Crippen LogP contribution in [0, 0.1) is 5.82 Å². The third-order valence-corrected chi connectivity index (χ3v) is 7.53. The number of rotatable bonds is 4. The molecule has 3 rings (SSSR count). The summed E-state index contributed by atoms with van der Waals surface area (Å²) in [5, 5.41) is 5.64. The van der Waals surface area contributed by atoms with Crippen molar-refractivity contribution in [3.8, 4) is 0 Å². The molecule has 0 heterocycles. The lowest BCUT2D eigenvalue weighted by Gasteiger charge is -2.25. The Bertz CT molecular complexity index is 745. The highest BCUT2D eigenvalue weighted by Crippen LogP contribution is 2.43. The van der Waals surface area contributed by atoms with E-state index in [1.807, 2.05) is 60.7 Å². The van der Waals surface area contributed by atoms with E-state index >= 15 is 0 Å². The molecule has 0 unspecified atom stereocenters. The highest BCUT2D eigenvalue weighted by molar-refractivity contribution is 8.22. The number of benzene rings is 3. The maximum absolute atomic E-state index is 13.1. The SMILES string of the molecule is Fc1ccc(NP(=S)(c2ccccc2)c2ccccc2)cc1. The zero-order valence-electron chi connectivity index (χ0n) is 11.8. The first-order chi connectivity index (χ1) is 10.7. The standard InChI is InChI=1S/C18H15FNPS/c19-15-11-13-16(14-12-15)20-21(22,17-7-3-1-4-8-17)18-9-5-2-6-10-18/h1-14H,(H,20,22). The molecule has 0 aliphatic carbocycles. The molecule has 0 atom stereocenters. The van der Waals surface area contributed by atoms with Crippen molar-refractivity contribution in [2.75, 3.05) is 5.09 Å². The number of anilines is 1. The van der Waals surface area contributed by atoms with Crippen molar-refractivity contribution in [1.29, 1.82) is 0 Å². The minimum Gasteiger partial charge on any atom is -0.351 e. The molecular weight excluding hydrogens is 312 g/mol. The van der Waals surface area contributed by atoms with E-state index in [0.717, 1.165) is 16.3 Å². The van der Waals surface area contributed by atoms with Gasteiger partial charge in [-0.25, -0.2) is 4.39 Å². The van der Waals surface area contributed by atoms with Gasteiger partial charge in [-0.1, -0.05) is 72.5 Å². The molecule has 3 aromatic carbocycles. The molecule has 0 aliphatic rings. The van der Waals surface area contributed by atoms with Gasteiger partial charge in [-0.3, -0.25) is 0 Å². The van der Waals surface area contributed by atoms with Gasteiger partial charge < -0.3 is 5.09 Å². The lowest BCUT2D eigenvalue weighted by atomic mass is 10.3. The molecule has 0 spiro atoms. The second kappa shape index (κ2) is 6.43. The summed E-state index contributed by atoms with van der Waals surface area (Å²) in [4.78, 5) is 0. The topological polar surface area (TPSA) is 12.0 Å². The van der Waals surface area contributed by atoms with Gasteiger partial charge in [-0.05, 0) is 24.3 Å². The molecule has 0 aliphatic heterocycles. The quantitative estimate of drug-likeness (QED) is 0.718. The van der Waals surface area contributed by atoms with Crippen molar-refractivity contribution in [3.63, 3.8) is 0 Å². The van der Waals surface area contributed by atoms with Crippen LogP contribution in [0.5, 0.6) is 0 Å². The average Bonchev–Trinajstić information content (AvgIpc) is 2.58. The first kappa shape index (κ1) is 15.0. The van der Waals surface area contributed by atoms with Crippen LogP contribution in [0.4, 0.5) is 10.1 Å². The van der Waals surface area contributed by atoms with Crippen LogP contribution >= 0.6 is 6.19 Å². The van der Waals surface area contributed by atoms with Crippen molar-refractivity contribution in [1.82, 2.24) is 0 Å². The molecule has 0 saturated carbocycles. The van der Waals surface area contributed by atoms with Gasteiger partial charge in [0.1, 0.15) is 5.82 Å². The van der Waals surface area contributed by atoms with Crippen LogP contribution < -0.4 is 15.7 Å². The Labute approximate surface area is 134 Å². The summed E-state index contributed by atoms with van der Waals surface area (Å²) in [6.07, 6.45) is -2.20. The molecule has 110 valence electrons.